The van der Waals surface area contributed by atoms with Crippen LogP contribution in [0.5, 0.6) is 0 Å². The summed E-state index contributed by atoms with van der Waals surface area (Å²) in [5.74, 6) is 0.786. The molecule has 2 aliphatic rings. The van der Waals surface area contributed by atoms with E-state index in [1.54, 1.807) is 7.11 Å². The standard InChI is InChI=1S/C18H28N2O2/c1-22-13-18(15-7-8-15)19-10-16-9-17(21)12-20(16)11-14-5-3-2-4-6-14/h2-6,15-19,21H,7-13H2,1H3. The van der Waals surface area contributed by atoms with Gasteiger partial charge in [0.1, 0.15) is 0 Å². The highest BCUT2D eigenvalue weighted by Gasteiger charge is 2.34. The fourth-order valence-corrected chi connectivity index (χ4v) is 3.51. The van der Waals surface area contributed by atoms with Crippen molar-refractivity contribution in [1.29, 1.82) is 0 Å². The maximum Gasteiger partial charge on any atom is 0.0682 e. The van der Waals surface area contributed by atoms with Gasteiger partial charge in [-0.15, -0.1) is 0 Å². The number of β-amino-alcohol motifs (C(OH)–C–C–N with tert-alkyl or cyclic N) is 1. The summed E-state index contributed by atoms with van der Waals surface area (Å²) in [6.45, 7) is 3.43. The zero-order valence-electron chi connectivity index (χ0n) is 13.4. The Hall–Kier alpha value is -0.940. The molecule has 22 heavy (non-hydrogen) atoms. The summed E-state index contributed by atoms with van der Waals surface area (Å²) in [7, 11) is 1.78. The van der Waals surface area contributed by atoms with Crippen LogP contribution in [0.1, 0.15) is 24.8 Å². The van der Waals surface area contributed by atoms with Crippen LogP contribution < -0.4 is 5.32 Å². The van der Waals surface area contributed by atoms with Crippen LogP contribution in [0.4, 0.5) is 0 Å². The second kappa shape index (κ2) is 7.55. The van der Waals surface area contributed by atoms with Crippen LogP contribution in [0.2, 0.25) is 0 Å². The van der Waals surface area contributed by atoms with E-state index in [4.69, 9.17) is 4.74 Å². The van der Waals surface area contributed by atoms with Crippen molar-refractivity contribution in [2.45, 2.75) is 44.0 Å². The largest absolute Gasteiger partial charge is 0.392 e. The Kier molecular flexibility index (Phi) is 5.47. The number of aliphatic hydroxyl groups is 1. The predicted octanol–water partition coefficient (Wildman–Crippen LogP) is 1.64. The average Bonchev–Trinajstić information content (AvgIpc) is 3.30. The van der Waals surface area contributed by atoms with Gasteiger partial charge in [-0.2, -0.15) is 0 Å². The average molecular weight is 304 g/mol. The summed E-state index contributed by atoms with van der Waals surface area (Å²) in [5, 5.41) is 13.7. The number of methoxy groups -OCH3 is 1. The number of nitrogens with zero attached hydrogens (tertiary/aromatic N) is 1. The van der Waals surface area contributed by atoms with Crippen molar-refractivity contribution >= 4 is 0 Å². The minimum Gasteiger partial charge on any atom is -0.392 e. The van der Waals surface area contributed by atoms with Crippen LogP contribution in [0.15, 0.2) is 30.3 Å². The molecule has 3 rings (SSSR count). The summed E-state index contributed by atoms with van der Waals surface area (Å²) < 4.78 is 5.34. The molecular weight excluding hydrogens is 276 g/mol. The maximum atomic E-state index is 10.0. The Labute approximate surface area is 133 Å². The maximum absolute atomic E-state index is 10.0. The van der Waals surface area contributed by atoms with E-state index in [-0.39, 0.29) is 6.10 Å². The second-order valence-corrected chi connectivity index (χ2v) is 6.77. The number of hydrogen-bond donors (Lipinski definition) is 2. The zero-order valence-corrected chi connectivity index (χ0v) is 13.4. The summed E-state index contributed by atoms with van der Waals surface area (Å²) in [6.07, 6.45) is 3.31. The van der Waals surface area contributed by atoms with Crippen molar-refractivity contribution in [1.82, 2.24) is 10.2 Å². The van der Waals surface area contributed by atoms with Gasteiger partial charge in [-0.05, 0) is 30.7 Å². The topological polar surface area (TPSA) is 44.7 Å². The molecule has 4 heteroatoms. The van der Waals surface area contributed by atoms with E-state index >= 15 is 0 Å². The van der Waals surface area contributed by atoms with Crippen molar-refractivity contribution < 1.29 is 9.84 Å². The Morgan fingerprint density at radius 3 is 2.77 bits per heavy atom. The molecular formula is C18H28N2O2. The molecule has 1 saturated carbocycles. The molecule has 2 N–H and O–H groups in total. The normalized spacial score (nSPS) is 27.2. The Balaban J connectivity index is 1.54. The highest BCUT2D eigenvalue weighted by Crippen LogP contribution is 2.33. The van der Waals surface area contributed by atoms with Crippen molar-refractivity contribution in [3.05, 3.63) is 35.9 Å². The number of ether oxygens (including phenoxy) is 1. The van der Waals surface area contributed by atoms with Crippen LogP contribution >= 0.6 is 0 Å². The third kappa shape index (κ3) is 4.29. The first-order chi connectivity index (χ1) is 10.8. The van der Waals surface area contributed by atoms with Gasteiger partial charge in [0.25, 0.3) is 0 Å². The first kappa shape index (κ1) is 15.9. The van der Waals surface area contributed by atoms with Gasteiger partial charge in [0.05, 0.1) is 12.7 Å². The first-order valence-corrected chi connectivity index (χ1v) is 8.44. The fourth-order valence-electron chi connectivity index (χ4n) is 3.51. The van der Waals surface area contributed by atoms with Gasteiger partial charge < -0.3 is 15.2 Å². The molecule has 0 amide bonds. The summed E-state index contributed by atoms with van der Waals surface area (Å²) in [6, 6.07) is 11.4. The quantitative estimate of drug-likeness (QED) is 0.766. The van der Waals surface area contributed by atoms with E-state index in [9.17, 15) is 5.11 Å². The van der Waals surface area contributed by atoms with Gasteiger partial charge in [0.2, 0.25) is 0 Å². The summed E-state index contributed by atoms with van der Waals surface area (Å²) in [4.78, 5) is 2.41. The lowest BCUT2D eigenvalue weighted by molar-refractivity contribution is 0.148. The highest BCUT2D eigenvalue weighted by molar-refractivity contribution is 5.15. The molecule has 2 fully saturated rings. The van der Waals surface area contributed by atoms with Crippen molar-refractivity contribution in [3.8, 4) is 0 Å². The van der Waals surface area contributed by atoms with E-state index in [1.807, 2.05) is 6.07 Å². The number of hydrogen-bond acceptors (Lipinski definition) is 4. The molecule has 1 aromatic rings. The third-order valence-electron chi connectivity index (χ3n) is 4.89. The number of aliphatic hydroxyl groups excluding tert-OH is 1. The second-order valence-electron chi connectivity index (χ2n) is 6.77. The van der Waals surface area contributed by atoms with Crippen LogP contribution in [0, 0.1) is 5.92 Å². The molecule has 0 spiro atoms. The van der Waals surface area contributed by atoms with Gasteiger partial charge in [-0.3, -0.25) is 4.90 Å². The lowest BCUT2D eigenvalue weighted by Crippen LogP contribution is -2.44. The molecule has 0 bridgehead atoms. The SMILES string of the molecule is COCC(NCC1CC(O)CN1Cc1ccccc1)C1CC1. The lowest BCUT2D eigenvalue weighted by atomic mass is 10.1. The minimum atomic E-state index is -0.197. The summed E-state index contributed by atoms with van der Waals surface area (Å²) >= 11 is 0. The molecule has 1 aliphatic heterocycles. The first-order valence-electron chi connectivity index (χ1n) is 8.44. The fraction of sp³-hybridized carbons (Fsp3) is 0.667. The molecule has 0 aromatic heterocycles. The molecule has 4 nitrogen and oxygen atoms in total. The van der Waals surface area contributed by atoms with Crippen LogP contribution in [0.25, 0.3) is 0 Å². The van der Waals surface area contributed by atoms with Crippen molar-refractivity contribution in [2.75, 3.05) is 26.8 Å². The predicted molar refractivity (Wildman–Crippen MR) is 87.7 cm³/mol. The van der Waals surface area contributed by atoms with Gasteiger partial charge >= 0.3 is 0 Å². The number of rotatable bonds is 8. The molecule has 3 unspecified atom stereocenters. The minimum absolute atomic E-state index is 0.197. The van der Waals surface area contributed by atoms with Gasteiger partial charge in [0, 0.05) is 38.8 Å². The molecule has 1 saturated heterocycles. The van der Waals surface area contributed by atoms with E-state index < -0.39 is 0 Å². The van der Waals surface area contributed by atoms with Gasteiger partial charge in [-0.25, -0.2) is 0 Å². The molecule has 122 valence electrons. The highest BCUT2D eigenvalue weighted by atomic mass is 16.5. The van der Waals surface area contributed by atoms with Crippen molar-refractivity contribution in [2.24, 2.45) is 5.92 Å². The Bertz CT molecular complexity index is 450. The third-order valence-corrected chi connectivity index (χ3v) is 4.89. The summed E-state index contributed by atoms with van der Waals surface area (Å²) in [5.41, 5.74) is 1.32. The van der Waals surface area contributed by atoms with Gasteiger partial charge in [0.15, 0.2) is 0 Å². The number of likely N-dealkylation sites (tertiary alicyclic amines) is 1. The smallest absolute Gasteiger partial charge is 0.0682 e. The molecule has 0 radical (unpaired) electrons. The van der Waals surface area contributed by atoms with E-state index in [0.29, 0.717) is 12.1 Å². The van der Waals surface area contributed by atoms with Crippen LogP contribution in [0.3, 0.4) is 0 Å². The number of benzene rings is 1. The van der Waals surface area contributed by atoms with Gasteiger partial charge in [-0.1, -0.05) is 30.3 Å². The van der Waals surface area contributed by atoms with Crippen molar-refractivity contribution in [3.63, 3.8) is 0 Å². The lowest BCUT2D eigenvalue weighted by Gasteiger charge is -2.27. The molecule has 1 heterocycles. The molecule has 1 aliphatic carbocycles. The van der Waals surface area contributed by atoms with E-state index in [1.165, 1.54) is 18.4 Å². The monoisotopic (exact) mass is 304 g/mol. The molecule has 3 atom stereocenters. The van der Waals surface area contributed by atoms with Crippen LogP contribution in [-0.2, 0) is 11.3 Å². The number of nitrogens with one attached hydrogen (secondary N) is 1. The van der Waals surface area contributed by atoms with E-state index in [0.717, 1.165) is 38.6 Å². The Morgan fingerprint density at radius 1 is 1.32 bits per heavy atom. The van der Waals surface area contributed by atoms with E-state index in [2.05, 4.69) is 34.5 Å². The molecule has 1 aromatic carbocycles. The Morgan fingerprint density at radius 2 is 2.09 bits per heavy atom. The zero-order chi connectivity index (χ0) is 15.4. The van der Waals surface area contributed by atoms with Crippen LogP contribution in [-0.4, -0.2) is 55.0 Å².